The zero-order valence-corrected chi connectivity index (χ0v) is 70.1. The Balaban J connectivity index is 5.53. The van der Waals surface area contributed by atoms with Crippen molar-refractivity contribution < 1.29 is 80.2 Å². The number of aliphatic hydroxyl groups excluding tert-OH is 1. The van der Waals surface area contributed by atoms with Crippen molar-refractivity contribution in [3.8, 4) is 0 Å². The van der Waals surface area contributed by atoms with Gasteiger partial charge in [0.25, 0.3) is 0 Å². The minimum Gasteiger partial charge on any atom is -0.462 e. The van der Waals surface area contributed by atoms with Gasteiger partial charge in [0.15, 0.2) is 12.2 Å². The predicted octanol–water partition coefficient (Wildman–Crippen LogP) is 25.1. The Kier molecular flexibility index (Phi) is 76.9. The number of carbonyl (C=O) groups excluding carboxylic acids is 4. The van der Waals surface area contributed by atoms with E-state index in [4.69, 9.17) is 37.0 Å². The van der Waals surface area contributed by atoms with Gasteiger partial charge in [-0.15, -0.1) is 0 Å². The molecule has 0 bridgehead atoms. The van der Waals surface area contributed by atoms with Crippen molar-refractivity contribution in [1.82, 2.24) is 0 Å². The van der Waals surface area contributed by atoms with E-state index in [1.165, 1.54) is 64.2 Å². The Morgan fingerprint density at radius 3 is 0.800 bits per heavy atom. The smallest absolute Gasteiger partial charge is 0.462 e. The van der Waals surface area contributed by atoms with Gasteiger partial charge in [0.05, 0.1) is 26.4 Å². The summed E-state index contributed by atoms with van der Waals surface area (Å²) < 4.78 is 68.6. The van der Waals surface area contributed by atoms with Crippen LogP contribution in [0.5, 0.6) is 0 Å². The second-order valence-electron chi connectivity index (χ2n) is 27.3. The molecule has 0 saturated carbocycles. The third-order valence-corrected chi connectivity index (χ3v) is 18.8. The molecule has 0 rings (SSSR count). The van der Waals surface area contributed by atoms with Crippen LogP contribution >= 0.6 is 15.6 Å². The van der Waals surface area contributed by atoms with Crippen molar-refractivity contribution in [1.29, 1.82) is 0 Å². The number of aliphatic hydroxyl groups is 1. The largest absolute Gasteiger partial charge is 0.472 e. The molecule has 5 atom stereocenters. The average Bonchev–Trinajstić information content (AvgIpc) is 0.900. The topological polar surface area (TPSA) is 237 Å². The van der Waals surface area contributed by atoms with Gasteiger partial charge < -0.3 is 33.8 Å². The number of phosphoric acid groups is 2. The minimum absolute atomic E-state index is 0.0136. The Labute approximate surface area is 666 Å². The van der Waals surface area contributed by atoms with Crippen molar-refractivity contribution in [2.24, 2.45) is 0 Å². The van der Waals surface area contributed by atoms with Gasteiger partial charge in [-0.3, -0.25) is 37.3 Å². The van der Waals surface area contributed by atoms with Gasteiger partial charge in [0.1, 0.15) is 19.3 Å². The molecule has 3 N–H and O–H groups in total. The minimum atomic E-state index is -5.03. The van der Waals surface area contributed by atoms with Crippen molar-refractivity contribution in [3.05, 3.63) is 182 Å². The second kappa shape index (κ2) is 81.2. The molecule has 110 heavy (non-hydrogen) atoms. The summed E-state index contributed by atoms with van der Waals surface area (Å²) in [5.41, 5.74) is 0. The van der Waals surface area contributed by atoms with Gasteiger partial charge in [0, 0.05) is 25.7 Å². The van der Waals surface area contributed by atoms with Crippen LogP contribution in [0.25, 0.3) is 0 Å². The highest BCUT2D eigenvalue weighted by Gasteiger charge is 2.30. The normalized spacial score (nSPS) is 14.7. The Hall–Kier alpha value is -5.84. The van der Waals surface area contributed by atoms with Crippen LogP contribution in [0.1, 0.15) is 310 Å². The quantitative estimate of drug-likeness (QED) is 0.0169. The molecule has 0 heterocycles. The fourth-order valence-corrected chi connectivity index (χ4v) is 12.2. The third-order valence-electron chi connectivity index (χ3n) is 16.9. The van der Waals surface area contributed by atoms with Crippen LogP contribution in [-0.4, -0.2) is 96.7 Å². The van der Waals surface area contributed by atoms with Crippen molar-refractivity contribution in [2.45, 2.75) is 329 Å². The molecular formula is C91H148O17P2. The molecule has 0 saturated heterocycles. The zero-order chi connectivity index (χ0) is 80.3. The Morgan fingerprint density at radius 1 is 0.264 bits per heavy atom. The van der Waals surface area contributed by atoms with Crippen LogP contribution in [0, 0.1) is 0 Å². The summed E-state index contributed by atoms with van der Waals surface area (Å²) in [6, 6.07) is 0. The monoisotopic (exact) mass is 1580 g/mol. The highest BCUT2D eigenvalue weighted by molar-refractivity contribution is 7.47. The molecule has 624 valence electrons. The lowest BCUT2D eigenvalue weighted by Gasteiger charge is -2.21. The van der Waals surface area contributed by atoms with Gasteiger partial charge in [-0.25, -0.2) is 9.13 Å². The number of phosphoric ester groups is 2. The number of hydrogen-bond acceptors (Lipinski definition) is 15. The molecule has 0 aliphatic heterocycles. The first-order valence-electron chi connectivity index (χ1n) is 42.0. The number of rotatable bonds is 77. The van der Waals surface area contributed by atoms with Gasteiger partial charge in [-0.1, -0.05) is 332 Å². The maximum Gasteiger partial charge on any atom is 0.472 e. The van der Waals surface area contributed by atoms with Gasteiger partial charge in [-0.2, -0.15) is 0 Å². The van der Waals surface area contributed by atoms with E-state index in [1.54, 1.807) is 0 Å². The number of esters is 4. The highest BCUT2D eigenvalue weighted by Crippen LogP contribution is 2.45. The van der Waals surface area contributed by atoms with Crippen LogP contribution < -0.4 is 0 Å². The van der Waals surface area contributed by atoms with E-state index in [-0.39, 0.29) is 25.7 Å². The Bertz CT molecular complexity index is 2800. The summed E-state index contributed by atoms with van der Waals surface area (Å²) in [7, 11) is -10.0. The number of ether oxygens (including phenoxy) is 4. The average molecular weight is 1580 g/mol. The molecule has 0 aromatic heterocycles. The first-order valence-corrected chi connectivity index (χ1v) is 45.0. The number of hydrogen-bond donors (Lipinski definition) is 3. The van der Waals surface area contributed by atoms with E-state index < -0.39 is 97.5 Å². The lowest BCUT2D eigenvalue weighted by Crippen LogP contribution is -2.30. The van der Waals surface area contributed by atoms with E-state index >= 15 is 0 Å². The molecule has 0 fully saturated rings. The lowest BCUT2D eigenvalue weighted by molar-refractivity contribution is -0.161. The molecule has 0 radical (unpaired) electrons. The maximum atomic E-state index is 13.1. The van der Waals surface area contributed by atoms with Crippen molar-refractivity contribution in [3.63, 3.8) is 0 Å². The molecule has 19 heteroatoms. The molecule has 5 unspecified atom stereocenters. The SMILES string of the molecule is CC/C=C\C/C=C\C/C=C\C/C=C\C/C=C\C/C=C\CCC(=O)OCC(COP(=O)(O)OCC(O)COP(=O)(O)OCC(COC(=O)CCCCCCCCC/C=C\C/C=C\C/C=C\CC)OC(=O)CCCCCCCCCCCCCCCCC)OC(=O)CC/C=C\C/C=C\C/C=C\C/C=C\C/C=C\C/C=C\CC. The maximum absolute atomic E-state index is 13.1. The Morgan fingerprint density at radius 2 is 0.491 bits per heavy atom. The van der Waals surface area contributed by atoms with Crippen molar-refractivity contribution in [2.75, 3.05) is 39.6 Å². The molecule has 0 aromatic carbocycles. The zero-order valence-electron chi connectivity index (χ0n) is 68.4. The molecule has 0 aromatic rings. The standard InChI is InChI=1S/C91H148O17P2/c1-5-9-13-17-21-25-29-33-37-40-42-45-49-52-56-60-64-68-72-76-89(94)102-82-87(108-91(96)78-74-70-66-62-58-54-50-46-43-41-38-34-30-26-22-18-14-10-6-2)84-106-110(99,100)104-80-85(92)79-103-109(97,98)105-83-86(107-90(95)77-73-69-65-61-57-53-47-36-32-28-24-20-16-12-8-4)81-101-88(93)75-71-67-63-59-55-51-48-44-39-35-31-27-23-19-15-11-7-3/h9-11,13-15,21-23,25-27,33-35,37-39,42-43,45-46,52,54,56,58,64,66,68,70,85-87,92H,5-8,12,16-20,24,28-32,36,40-41,44,47-51,53,55,57,59-63,65,67,69,71-84H2,1-4H3,(H,97,98)(H,99,100)/b13-9-,14-10-,15-11-,25-21-,26-22-,27-23-,37-33-,38-34-,39-35-,45-42-,46-43-,56-52-,58-54-,68-64-,70-66-. The van der Waals surface area contributed by atoms with E-state index in [0.717, 1.165) is 154 Å². The number of carbonyl (C=O) groups is 4. The van der Waals surface area contributed by atoms with Gasteiger partial charge in [-0.05, 0) is 135 Å². The predicted molar refractivity (Wildman–Crippen MR) is 454 cm³/mol. The van der Waals surface area contributed by atoms with Crippen LogP contribution in [-0.2, 0) is 65.4 Å². The van der Waals surface area contributed by atoms with Crippen LogP contribution in [0.2, 0.25) is 0 Å². The number of unbranched alkanes of at least 4 members (excludes halogenated alkanes) is 21. The van der Waals surface area contributed by atoms with Crippen LogP contribution in [0.15, 0.2) is 182 Å². The first kappa shape index (κ1) is 104. The molecule has 0 amide bonds. The number of allylic oxidation sites excluding steroid dienone is 30. The molecule has 0 aliphatic carbocycles. The van der Waals surface area contributed by atoms with Crippen molar-refractivity contribution >= 4 is 39.5 Å². The fourth-order valence-electron chi connectivity index (χ4n) is 10.6. The molecule has 0 aliphatic rings. The van der Waals surface area contributed by atoms with E-state index in [0.29, 0.717) is 38.5 Å². The molecule has 17 nitrogen and oxygen atoms in total. The van der Waals surface area contributed by atoms with Crippen LogP contribution in [0.3, 0.4) is 0 Å². The van der Waals surface area contributed by atoms with Gasteiger partial charge in [0.2, 0.25) is 0 Å². The second-order valence-corrected chi connectivity index (χ2v) is 30.2. The lowest BCUT2D eigenvalue weighted by atomic mass is 10.0. The molecule has 0 spiro atoms. The summed E-state index contributed by atoms with van der Waals surface area (Å²) in [6.07, 6.45) is 98.9. The van der Waals surface area contributed by atoms with E-state index in [1.807, 2.05) is 36.5 Å². The molecular weight excluding hydrogens is 1430 g/mol. The van der Waals surface area contributed by atoms with E-state index in [2.05, 4.69) is 174 Å². The van der Waals surface area contributed by atoms with E-state index in [9.17, 15) is 43.2 Å². The summed E-state index contributed by atoms with van der Waals surface area (Å²) >= 11 is 0. The summed E-state index contributed by atoms with van der Waals surface area (Å²) in [4.78, 5) is 73.2. The first-order chi connectivity index (χ1) is 53.7. The summed E-state index contributed by atoms with van der Waals surface area (Å²) in [5, 5.41) is 10.7. The van der Waals surface area contributed by atoms with Crippen LogP contribution in [0.4, 0.5) is 0 Å². The summed E-state index contributed by atoms with van der Waals surface area (Å²) in [6.45, 7) is 4.37. The fraction of sp³-hybridized carbons (Fsp3) is 0.626. The third kappa shape index (κ3) is 80.2. The summed E-state index contributed by atoms with van der Waals surface area (Å²) in [5.74, 6) is -2.39. The highest BCUT2D eigenvalue weighted by atomic mass is 31.2. The van der Waals surface area contributed by atoms with Gasteiger partial charge >= 0.3 is 39.5 Å².